The molecule has 0 fully saturated rings. The molecule has 0 saturated carbocycles. The molecule has 0 unspecified atom stereocenters. The summed E-state index contributed by atoms with van der Waals surface area (Å²) < 4.78 is 12.7. The van der Waals surface area contributed by atoms with Crippen LogP contribution in [0.5, 0.6) is 0 Å². The van der Waals surface area contributed by atoms with Crippen molar-refractivity contribution in [2.45, 2.75) is 6.23 Å². The third-order valence-corrected chi connectivity index (χ3v) is 2.08. The maximum atomic E-state index is 12.7. The second kappa shape index (κ2) is 5.56. The zero-order valence-electron chi connectivity index (χ0n) is 9.72. The van der Waals surface area contributed by atoms with Crippen molar-refractivity contribution in [1.82, 2.24) is 4.90 Å². The van der Waals surface area contributed by atoms with Crippen molar-refractivity contribution in [2.75, 3.05) is 14.1 Å². The number of aliphatic hydroxyl groups is 1. The molecule has 0 heterocycles. The summed E-state index contributed by atoms with van der Waals surface area (Å²) in [5.41, 5.74) is 5.66. The zero-order valence-corrected chi connectivity index (χ0v) is 9.72. The molecule has 3 N–H and O–H groups in total. The molecule has 17 heavy (non-hydrogen) atoms. The summed E-state index contributed by atoms with van der Waals surface area (Å²) in [6, 6.07) is 5.07. The van der Waals surface area contributed by atoms with Crippen LogP contribution in [-0.4, -0.2) is 36.1 Å². The van der Waals surface area contributed by atoms with Crippen LogP contribution in [0, 0.1) is 5.82 Å². The fourth-order valence-corrected chi connectivity index (χ4v) is 1.32. The molecular formula is C12H15FN2O2. The van der Waals surface area contributed by atoms with Gasteiger partial charge in [0.15, 0.2) is 5.78 Å². The number of hydrogen-bond acceptors (Lipinski definition) is 4. The summed E-state index contributed by atoms with van der Waals surface area (Å²) in [7, 11) is 3.42. The maximum absolute atomic E-state index is 12.7. The first-order chi connectivity index (χ1) is 7.91. The van der Waals surface area contributed by atoms with Crippen LogP contribution in [0.1, 0.15) is 10.4 Å². The van der Waals surface area contributed by atoms with Gasteiger partial charge in [0.05, 0.1) is 5.57 Å². The van der Waals surface area contributed by atoms with E-state index >= 15 is 0 Å². The number of nitrogens with zero attached hydrogens (tertiary/aromatic N) is 1. The highest BCUT2D eigenvalue weighted by atomic mass is 19.1. The lowest BCUT2D eigenvalue weighted by Crippen LogP contribution is -2.28. The third kappa shape index (κ3) is 3.65. The minimum Gasteiger partial charge on any atom is -0.383 e. The highest BCUT2D eigenvalue weighted by molar-refractivity contribution is 6.09. The number of halogens is 1. The quantitative estimate of drug-likeness (QED) is 0.461. The molecule has 0 bridgehead atoms. The molecule has 1 aromatic carbocycles. The molecule has 1 aromatic rings. The second-order valence-electron chi connectivity index (χ2n) is 3.83. The van der Waals surface area contributed by atoms with E-state index in [1.54, 1.807) is 19.0 Å². The number of Topliss-reactive ketones (excluding diaryl/α,β-unsaturated/α-hetero) is 1. The van der Waals surface area contributed by atoms with Crippen molar-refractivity contribution in [1.29, 1.82) is 0 Å². The Kier molecular flexibility index (Phi) is 4.37. The van der Waals surface area contributed by atoms with Crippen molar-refractivity contribution in [3.8, 4) is 0 Å². The van der Waals surface area contributed by atoms with Gasteiger partial charge in [-0.1, -0.05) is 0 Å². The number of carbonyl (C=O) groups is 1. The fourth-order valence-electron chi connectivity index (χ4n) is 1.32. The number of rotatable bonds is 4. The highest BCUT2D eigenvalue weighted by Crippen LogP contribution is 2.11. The number of aliphatic hydroxyl groups excluding tert-OH is 1. The number of carbonyl (C=O) groups excluding carboxylic acids is 1. The van der Waals surface area contributed by atoms with E-state index in [1.807, 2.05) is 0 Å². The summed E-state index contributed by atoms with van der Waals surface area (Å²) in [6.07, 6.45) is 0.0750. The van der Waals surface area contributed by atoms with Crippen LogP contribution in [0.25, 0.3) is 0 Å². The van der Waals surface area contributed by atoms with E-state index in [2.05, 4.69) is 0 Å². The predicted octanol–water partition coefficient (Wildman–Crippen LogP) is 0.731. The van der Waals surface area contributed by atoms with E-state index in [1.165, 1.54) is 30.5 Å². The Morgan fingerprint density at radius 3 is 2.35 bits per heavy atom. The topological polar surface area (TPSA) is 66.6 Å². The largest absolute Gasteiger partial charge is 0.383 e. The number of ketones is 1. The minimum absolute atomic E-state index is 0.0570. The smallest absolute Gasteiger partial charge is 0.194 e. The molecule has 0 aliphatic carbocycles. The average Bonchev–Trinajstić information content (AvgIpc) is 2.25. The highest BCUT2D eigenvalue weighted by Gasteiger charge is 2.17. The van der Waals surface area contributed by atoms with Gasteiger partial charge in [-0.3, -0.25) is 4.79 Å². The van der Waals surface area contributed by atoms with Gasteiger partial charge in [-0.25, -0.2) is 4.39 Å². The molecule has 0 aliphatic heterocycles. The summed E-state index contributed by atoms with van der Waals surface area (Å²) in [5.74, 6) is -0.846. The molecule has 0 aromatic heterocycles. The summed E-state index contributed by atoms with van der Waals surface area (Å²) in [4.78, 5) is 13.6. The van der Waals surface area contributed by atoms with Crippen molar-refractivity contribution in [3.63, 3.8) is 0 Å². The number of hydrogen-bond donors (Lipinski definition) is 2. The molecule has 0 aliphatic rings. The SMILES string of the molecule is CN(C)/C=C(/C(=O)c1ccc(F)cc1)[C@H](N)O. The molecule has 1 rings (SSSR count). The Labute approximate surface area is 99.2 Å². The lowest BCUT2D eigenvalue weighted by atomic mass is 10.0. The van der Waals surface area contributed by atoms with Crippen LogP contribution in [-0.2, 0) is 0 Å². The van der Waals surface area contributed by atoms with Crippen LogP contribution < -0.4 is 5.73 Å². The molecule has 5 heteroatoms. The Balaban J connectivity index is 3.05. The van der Waals surface area contributed by atoms with Gasteiger partial charge in [0, 0.05) is 25.9 Å². The van der Waals surface area contributed by atoms with Gasteiger partial charge < -0.3 is 15.7 Å². The third-order valence-electron chi connectivity index (χ3n) is 2.08. The fraction of sp³-hybridized carbons (Fsp3) is 0.250. The molecule has 4 nitrogen and oxygen atoms in total. The first-order valence-corrected chi connectivity index (χ1v) is 5.04. The van der Waals surface area contributed by atoms with Crippen LogP contribution in [0.15, 0.2) is 36.0 Å². The van der Waals surface area contributed by atoms with Gasteiger partial charge >= 0.3 is 0 Å². The Hall–Kier alpha value is -1.72. The van der Waals surface area contributed by atoms with Gasteiger partial charge in [-0.15, -0.1) is 0 Å². The maximum Gasteiger partial charge on any atom is 0.194 e. The van der Waals surface area contributed by atoms with E-state index < -0.39 is 17.8 Å². The van der Waals surface area contributed by atoms with Gasteiger partial charge in [-0.05, 0) is 24.3 Å². The average molecular weight is 238 g/mol. The van der Waals surface area contributed by atoms with Gasteiger partial charge in [0.25, 0.3) is 0 Å². The first kappa shape index (κ1) is 13.3. The summed E-state index contributed by atoms with van der Waals surface area (Å²) in [5, 5.41) is 9.34. The summed E-state index contributed by atoms with van der Waals surface area (Å²) >= 11 is 0. The zero-order chi connectivity index (χ0) is 13.0. The van der Waals surface area contributed by atoms with Gasteiger partial charge in [-0.2, -0.15) is 0 Å². The van der Waals surface area contributed by atoms with E-state index in [0.29, 0.717) is 0 Å². The first-order valence-electron chi connectivity index (χ1n) is 5.04. The molecule has 0 saturated heterocycles. The van der Waals surface area contributed by atoms with E-state index in [0.717, 1.165) is 0 Å². The van der Waals surface area contributed by atoms with E-state index in [9.17, 15) is 14.3 Å². The molecular weight excluding hydrogens is 223 g/mol. The van der Waals surface area contributed by atoms with Crippen molar-refractivity contribution in [3.05, 3.63) is 47.4 Å². The molecule has 0 amide bonds. The molecule has 0 radical (unpaired) electrons. The Morgan fingerprint density at radius 1 is 1.41 bits per heavy atom. The van der Waals surface area contributed by atoms with Crippen LogP contribution in [0.2, 0.25) is 0 Å². The standard InChI is InChI=1S/C12H15FN2O2/c1-15(2)7-10(12(14)17)11(16)8-3-5-9(13)6-4-8/h3-7,12,17H,14H2,1-2H3/b10-7-/t12-/m1/s1. The molecule has 1 atom stereocenters. The van der Waals surface area contributed by atoms with Gasteiger partial charge in [0.1, 0.15) is 12.0 Å². The van der Waals surface area contributed by atoms with E-state index in [-0.39, 0.29) is 11.1 Å². The Morgan fingerprint density at radius 2 is 1.94 bits per heavy atom. The van der Waals surface area contributed by atoms with Crippen molar-refractivity contribution >= 4 is 5.78 Å². The lowest BCUT2D eigenvalue weighted by Gasteiger charge is -2.13. The number of benzene rings is 1. The van der Waals surface area contributed by atoms with Gasteiger partial charge in [0.2, 0.25) is 0 Å². The van der Waals surface area contributed by atoms with Crippen LogP contribution in [0.4, 0.5) is 4.39 Å². The summed E-state index contributed by atoms with van der Waals surface area (Å²) in [6.45, 7) is 0. The predicted molar refractivity (Wildman–Crippen MR) is 62.7 cm³/mol. The number of nitrogens with two attached hydrogens (primary N) is 1. The van der Waals surface area contributed by atoms with Crippen molar-refractivity contribution < 1.29 is 14.3 Å². The minimum atomic E-state index is -1.37. The van der Waals surface area contributed by atoms with Crippen LogP contribution >= 0.6 is 0 Å². The second-order valence-corrected chi connectivity index (χ2v) is 3.83. The van der Waals surface area contributed by atoms with E-state index in [4.69, 9.17) is 5.73 Å². The normalized spacial score (nSPS) is 13.4. The van der Waals surface area contributed by atoms with Crippen LogP contribution in [0.3, 0.4) is 0 Å². The molecule has 0 spiro atoms. The monoisotopic (exact) mass is 238 g/mol. The van der Waals surface area contributed by atoms with Crippen molar-refractivity contribution in [2.24, 2.45) is 5.73 Å². The Bertz CT molecular complexity index is 425. The molecule has 92 valence electrons. The lowest BCUT2D eigenvalue weighted by molar-refractivity contribution is 0.0987.